The van der Waals surface area contributed by atoms with Crippen LogP contribution in [0.25, 0.3) is 0 Å². The van der Waals surface area contributed by atoms with Gasteiger partial charge in [-0.1, -0.05) is 58.4 Å². The first-order valence-electron chi connectivity index (χ1n) is 6.15. The lowest BCUT2D eigenvalue weighted by Gasteiger charge is -2.05. The van der Waals surface area contributed by atoms with E-state index in [1.165, 1.54) is 5.56 Å². The van der Waals surface area contributed by atoms with Gasteiger partial charge in [-0.2, -0.15) is 0 Å². The molecule has 0 aromatic heterocycles. The van der Waals surface area contributed by atoms with E-state index in [1.807, 2.05) is 54.6 Å². The number of ether oxygens (including phenoxy) is 1. The van der Waals surface area contributed by atoms with Gasteiger partial charge in [-0.25, -0.2) is 4.79 Å². The molecule has 19 heavy (non-hydrogen) atoms. The molecule has 0 aliphatic carbocycles. The molecule has 0 fully saturated rings. The number of carbonyl (C=O) groups excluding carboxylic acids is 1. The molecular weight excluding hydrogens is 304 g/mol. The molecule has 2 rings (SSSR count). The SMILES string of the molecule is O=C(OCc1ccccc1)c1ccc(CCBr)cc1. The van der Waals surface area contributed by atoms with Crippen molar-refractivity contribution in [2.45, 2.75) is 13.0 Å². The Labute approximate surface area is 121 Å². The summed E-state index contributed by atoms with van der Waals surface area (Å²) in [6, 6.07) is 17.2. The number of benzene rings is 2. The zero-order valence-electron chi connectivity index (χ0n) is 10.5. The minimum Gasteiger partial charge on any atom is -0.457 e. The first kappa shape index (κ1) is 13.8. The van der Waals surface area contributed by atoms with Crippen molar-refractivity contribution < 1.29 is 9.53 Å². The van der Waals surface area contributed by atoms with Crippen LogP contribution in [-0.4, -0.2) is 11.3 Å². The van der Waals surface area contributed by atoms with Gasteiger partial charge >= 0.3 is 5.97 Å². The number of carbonyl (C=O) groups is 1. The normalized spacial score (nSPS) is 10.2. The molecule has 3 heteroatoms. The number of esters is 1. The molecule has 0 bridgehead atoms. The Morgan fingerprint density at radius 2 is 1.63 bits per heavy atom. The zero-order chi connectivity index (χ0) is 13.5. The molecule has 2 aromatic rings. The molecule has 2 nitrogen and oxygen atoms in total. The molecule has 0 atom stereocenters. The van der Waals surface area contributed by atoms with Gasteiger partial charge in [0.15, 0.2) is 0 Å². The van der Waals surface area contributed by atoms with E-state index in [0.717, 1.165) is 17.3 Å². The third-order valence-electron chi connectivity index (χ3n) is 2.79. The van der Waals surface area contributed by atoms with Crippen LogP contribution in [0.1, 0.15) is 21.5 Å². The number of hydrogen-bond donors (Lipinski definition) is 0. The summed E-state index contributed by atoms with van der Waals surface area (Å²) in [7, 11) is 0. The molecule has 0 aliphatic rings. The van der Waals surface area contributed by atoms with Crippen molar-refractivity contribution in [1.82, 2.24) is 0 Å². The van der Waals surface area contributed by atoms with Gasteiger partial charge in [0.1, 0.15) is 6.61 Å². The van der Waals surface area contributed by atoms with Crippen molar-refractivity contribution in [2.24, 2.45) is 0 Å². The molecule has 0 spiro atoms. The molecule has 0 heterocycles. The van der Waals surface area contributed by atoms with Gasteiger partial charge < -0.3 is 4.74 Å². The fourth-order valence-corrected chi connectivity index (χ4v) is 2.18. The van der Waals surface area contributed by atoms with E-state index in [1.54, 1.807) is 0 Å². The molecule has 0 aliphatic heterocycles. The minimum atomic E-state index is -0.283. The topological polar surface area (TPSA) is 26.3 Å². The van der Waals surface area contributed by atoms with E-state index in [9.17, 15) is 4.79 Å². The second-order valence-corrected chi connectivity index (χ2v) is 4.99. The molecule has 2 aromatic carbocycles. The third-order valence-corrected chi connectivity index (χ3v) is 3.18. The Morgan fingerprint density at radius 1 is 0.947 bits per heavy atom. The predicted molar refractivity (Wildman–Crippen MR) is 79.5 cm³/mol. The quantitative estimate of drug-likeness (QED) is 0.615. The molecule has 0 N–H and O–H groups in total. The molecule has 0 saturated carbocycles. The van der Waals surface area contributed by atoms with Crippen LogP contribution in [0.5, 0.6) is 0 Å². The summed E-state index contributed by atoms with van der Waals surface area (Å²) >= 11 is 3.39. The highest BCUT2D eigenvalue weighted by molar-refractivity contribution is 9.09. The first-order chi connectivity index (χ1) is 9.29. The lowest BCUT2D eigenvalue weighted by Crippen LogP contribution is -2.05. The first-order valence-corrected chi connectivity index (χ1v) is 7.27. The maximum absolute atomic E-state index is 11.9. The van der Waals surface area contributed by atoms with Crippen LogP contribution in [0.2, 0.25) is 0 Å². The third kappa shape index (κ3) is 4.21. The van der Waals surface area contributed by atoms with Gasteiger partial charge in [0, 0.05) is 5.33 Å². The van der Waals surface area contributed by atoms with E-state index in [2.05, 4.69) is 15.9 Å². The average Bonchev–Trinajstić information content (AvgIpc) is 2.47. The Balaban J connectivity index is 1.92. The minimum absolute atomic E-state index is 0.283. The summed E-state index contributed by atoms with van der Waals surface area (Å²) in [4.78, 5) is 11.9. The number of alkyl halides is 1. The van der Waals surface area contributed by atoms with Gasteiger partial charge in [-0.15, -0.1) is 0 Å². The lowest BCUT2D eigenvalue weighted by molar-refractivity contribution is 0.0472. The molecular formula is C16H15BrO2. The molecule has 0 radical (unpaired) electrons. The maximum Gasteiger partial charge on any atom is 0.338 e. The van der Waals surface area contributed by atoms with Crippen LogP contribution >= 0.6 is 15.9 Å². The van der Waals surface area contributed by atoms with Gasteiger partial charge in [-0.3, -0.25) is 0 Å². The fourth-order valence-electron chi connectivity index (χ4n) is 1.72. The fraction of sp³-hybridized carbons (Fsp3) is 0.188. The van der Waals surface area contributed by atoms with Gasteiger partial charge in [-0.05, 0) is 29.7 Å². The standard InChI is InChI=1S/C16H15BrO2/c17-11-10-13-6-8-15(9-7-13)16(18)19-12-14-4-2-1-3-5-14/h1-9H,10-12H2. The largest absolute Gasteiger partial charge is 0.457 e. The highest BCUT2D eigenvalue weighted by atomic mass is 79.9. The van der Waals surface area contributed by atoms with Crippen LogP contribution in [0, 0.1) is 0 Å². The highest BCUT2D eigenvalue weighted by Crippen LogP contribution is 2.09. The number of halogens is 1. The Morgan fingerprint density at radius 3 is 2.26 bits per heavy atom. The predicted octanol–water partition coefficient (Wildman–Crippen LogP) is 3.98. The summed E-state index contributed by atoms with van der Waals surface area (Å²) in [5, 5.41) is 0.921. The lowest BCUT2D eigenvalue weighted by atomic mass is 10.1. The zero-order valence-corrected chi connectivity index (χ0v) is 12.1. The molecule has 0 saturated heterocycles. The highest BCUT2D eigenvalue weighted by Gasteiger charge is 2.06. The van der Waals surface area contributed by atoms with Crippen LogP contribution in [-0.2, 0) is 17.8 Å². The summed E-state index contributed by atoms with van der Waals surface area (Å²) in [5.74, 6) is -0.283. The van der Waals surface area contributed by atoms with Crippen molar-refractivity contribution in [2.75, 3.05) is 5.33 Å². The van der Waals surface area contributed by atoms with Crippen molar-refractivity contribution >= 4 is 21.9 Å². The van der Waals surface area contributed by atoms with Gasteiger partial charge in [0.05, 0.1) is 5.56 Å². The monoisotopic (exact) mass is 318 g/mol. The second kappa shape index (κ2) is 7.10. The van der Waals surface area contributed by atoms with Crippen molar-refractivity contribution in [3.8, 4) is 0 Å². The molecule has 98 valence electrons. The second-order valence-electron chi connectivity index (χ2n) is 4.20. The Hall–Kier alpha value is -1.61. The number of hydrogen-bond acceptors (Lipinski definition) is 2. The van der Waals surface area contributed by atoms with Crippen LogP contribution in [0.15, 0.2) is 54.6 Å². The smallest absolute Gasteiger partial charge is 0.338 e. The summed E-state index contributed by atoms with van der Waals surface area (Å²) in [5.41, 5.74) is 2.79. The maximum atomic E-state index is 11.9. The summed E-state index contributed by atoms with van der Waals surface area (Å²) < 4.78 is 5.27. The Bertz CT molecular complexity index is 520. The summed E-state index contributed by atoms with van der Waals surface area (Å²) in [6.07, 6.45) is 0.958. The van der Waals surface area contributed by atoms with Crippen LogP contribution in [0.4, 0.5) is 0 Å². The number of aryl methyl sites for hydroxylation is 1. The Kier molecular flexibility index (Phi) is 5.16. The van der Waals surface area contributed by atoms with Crippen molar-refractivity contribution in [3.05, 3.63) is 71.3 Å². The van der Waals surface area contributed by atoms with Crippen molar-refractivity contribution in [3.63, 3.8) is 0 Å². The van der Waals surface area contributed by atoms with E-state index < -0.39 is 0 Å². The summed E-state index contributed by atoms with van der Waals surface area (Å²) in [6.45, 7) is 0.308. The van der Waals surface area contributed by atoms with E-state index in [4.69, 9.17) is 4.74 Å². The van der Waals surface area contributed by atoms with Crippen LogP contribution in [0.3, 0.4) is 0 Å². The molecule has 0 amide bonds. The van der Waals surface area contributed by atoms with Gasteiger partial charge in [0.2, 0.25) is 0 Å². The number of rotatable bonds is 5. The average molecular weight is 319 g/mol. The van der Waals surface area contributed by atoms with Gasteiger partial charge in [0.25, 0.3) is 0 Å². The molecule has 0 unspecified atom stereocenters. The van der Waals surface area contributed by atoms with Crippen LogP contribution < -0.4 is 0 Å². The van der Waals surface area contributed by atoms with Crippen molar-refractivity contribution in [1.29, 1.82) is 0 Å². The van der Waals surface area contributed by atoms with E-state index in [-0.39, 0.29) is 5.97 Å². The van der Waals surface area contributed by atoms with E-state index in [0.29, 0.717) is 12.2 Å². The van der Waals surface area contributed by atoms with E-state index >= 15 is 0 Å².